The van der Waals surface area contributed by atoms with Crippen molar-refractivity contribution in [3.63, 3.8) is 0 Å². The highest BCUT2D eigenvalue weighted by atomic mass is 31.2. The van der Waals surface area contributed by atoms with Gasteiger partial charge < -0.3 is 20.1 Å². The third kappa shape index (κ3) is 6.78. The molecule has 7 heteroatoms. The Morgan fingerprint density at radius 2 is 1.82 bits per heavy atom. The smallest absolute Gasteiger partial charge is 0.343 e. The SMILES string of the molecule is CCC[C@H](N)C(=O)NCP(=O)(OCC)OCC. The Bertz CT molecular complexity index is 263. The molecule has 0 aliphatic carbocycles. The van der Waals surface area contributed by atoms with Crippen molar-refractivity contribution in [3.8, 4) is 0 Å². The fraction of sp³-hybridized carbons (Fsp3) is 0.900. The van der Waals surface area contributed by atoms with Gasteiger partial charge in [0, 0.05) is 0 Å². The molecule has 0 radical (unpaired) electrons. The van der Waals surface area contributed by atoms with Crippen LogP contribution in [-0.4, -0.2) is 31.4 Å². The van der Waals surface area contributed by atoms with Crippen LogP contribution in [0.5, 0.6) is 0 Å². The Morgan fingerprint density at radius 1 is 1.29 bits per heavy atom. The van der Waals surface area contributed by atoms with Gasteiger partial charge in [0.25, 0.3) is 0 Å². The van der Waals surface area contributed by atoms with Crippen LogP contribution in [0, 0.1) is 0 Å². The summed E-state index contributed by atoms with van der Waals surface area (Å²) in [6, 6.07) is -0.572. The van der Waals surface area contributed by atoms with Gasteiger partial charge >= 0.3 is 7.60 Å². The molecule has 0 bridgehead atoms. The first-order valence-electron chi connectivity index (χ1n) is 5.90. The van der Waals surface area contributed by atoms with Crippen LogP contribution in [-0.2, 0) is 18.4 Å². The van der Waals surface area contributed by atoms with Gasteiger partial charge in [0.15, 0.2) is 0 Å². The molecule has 0 unspecified atom stereocenters. The number of rotatable bonds is 9. The van der Waals surface area contributed by atoms with Crippen LogP contribution in [0.2, 0.25) is 0 Å². The van der Waals surface area contributed by atoms with Crippen LogP contribution in [0.1, 0.15) is 33.6 Å². The average molecular weight is 266 g/mol. The number of amides is 1. The van der Waals surface area contributed by atoms with E-state index in [0.717, 1.165) is 6.42 Å². The van der Waals surface area contributed by atoms with Gasteiger partial charge in [-0.25, -0.2) is 0 Å². The van der Waals surface area contributed by atoms with E-state index in [1.54, 1.807) is 13.8 Å². The predicted octanol–water partition coefficient (Wildman–Crippen LogP) is 1.45. The molecule has 6 nitrogen and oxygen atoms in total. The minimum absolute atomic E-state index is 0.134. The van der Waals surface area contributed by atoms with E-state index in [1.807, 2.05) is 6.92 Å². The second-order valence-corrected chi connectivity index (χ2v) is 5.60. The average Bonchev–Trinajstić information content (AvgIpc) is 2.27. The zero-order chi connectivity index (χ0) is 13.3. The van der Waals surface area contributed by atoms with Gasteiger partial charge in [-0.15, -0.1) is 0 Å². The summed E-state index contributed by atoms with van der Waals surface area (Å²) in [4.78, 5) is 11.5. The summed E-state index contributed by atoms with van der Waals surface area (Å²) in [5.41, 5.74) is 5.62. The highest BCUT2D eigenvalue weighted by Gasteiger charge is 2.25. The van der Waals surface area contributed by atoms with Crippen LogP contribution in [0.3, 0.4) is 0 Å². The highest BCUT2D eigenvalue weighted by molar-refractivity contribution is 7.53. The van der Waals surface area contributed by atoms with Crippen LogP contribution in [0.15, 0.2) is 0 Å². The summed E-state index contributed by atoms with van der Waals surface area (Å²) in [5.74, 6) is -0.327. The molecule has 0 heterocycles. The third-order valence-electron chi connectivity index (χ3n) is 2.03. The Labute approximate surface area is 103 Å². The first kappa shape index (κ1) is 16.6. The number of carbonyl (C=O) groups is 1. The summed E-state index contributed by atoms with van der Waals surface area (Å²) in [5, 5.41) is 2.50. The molecule has 1 amide bonds. The first-order valence-corrected chi connectivity index (χ1v) is 7.63. The largest absolute Gasteiger partial charge is 0.349 e. The molecule has 17 heavy (non-hydrogen) atoms. The van der Waals surface area contributed by atoms with Crippen molar-refractivity contribution in [1.29, 1.82) is 0 Å². The third-order valence-corrected chi connectivity index (χ3v) is 3.88. The van der Waals surface area contributed by atoms with E-state index < -0.39 is 13.6 Å². The Kier molecular flexibility index (Phi) is 8.43. The molecule has 0 saturated carbocycles. The lowest BCUT2D eigenvalue weighted by Crippen LogP contribution is -2.41. The summed E-state index contributed by atoms with van der Waals surface area (Å²) in [6.45, 7) is 5.92. The molecule has 102 valence electrons. The lowest BCUT2D eigenvalue weighted by molar-refractivity contribution is -0.122. The first-order chi connectivity index (χ1) is 7.99. The van der Waals surface area contributed by atoms with Gasteiger partial charge in [-0.3, -0.25) is 9.36 Å². The molecule has 3 N–H and O–H groups in total. The molecule has 0 aliphatic rings. The number of nitrogens with one attached hydrogen (secondary N) is 1. The van der Waals surface area contributed by atoms with Crippen LogP contribution in [0.25, 0.3) is 0 Å². The highest BCUT2D eigenvalue weighted by Crippen LogP contribution is 2.46. The molecule has 0 aromatic heterocycles. The number of nitrogens with two attached hydrogens (primary N) is 1. The lowest BCUT2D eigenvalue weighted by Gasteiger charge is -2.18. The molecule has 1 atom stereocenters. The molecule has 0 aromatic carbocycles. The number of hydrogen-bond donors (Lipinski definition) is 2. The molecule has 0 saturated heterocycles. The molecule has 0 spiro atoms. The van der Waals surface area contributed by atoms with Crippen LogP contribution < -0.4 is 11.1 Å². The second-order valence-electron chi connectivity index (χ2n) is 3.54. The molecule has 0 aliphatic heterocycles. The summed E-state index contributed by atoms with van der Waals surface area (Å²) in [7, 11) is -3.22. The topological polar surface area (TPSA) is 90.7 Å². The summed E-state index contributed by atoms with van der Waals surface area (Å²) in [6.07, 6.45) is 1.29. The van der Waals surface area contributed by atoms with E-state index >= 15 is 0 Å². The van der Waals surface area contributed by atoms with Gasteiger partial charge in [-0.2, -0.15) is 0 Å². The van der Waals surface area contributed by atoms with Crippen molar-refractivity contribution in [2.45, 2.75) is 39.7 Å². The Balaban J connectivity index is 4.21. The standard InChI is InChI=1S/C10H23N2O4P/c1-4-7-9(11)10(13)12-8-17(14,15-5-2)16-6-3/h9H,4-8,11H2,1-3H3,(H,12,13)/t9-/m0/s1. The van der Waals surface area contributed by atoms with Crippen LogP contribution >= 0.6 is 7.60 Å². The van der Waals surface area contributed by atoms with E-state index in [4.69, 9.17) is 14.8 Å². The van der Waals surface area contributed by atoms with Crippen LogP contribution in [0.4, 0.5) is 0 Å². The van der Waals surface area contributed by atoms with Crippen molar-refractivity contribution in [3.05, 3.63) is 0 Å². The maximum atomic E-state index is 12.0. The Morgan fingerprint density at radius 3 is 2.24 bits per heavy atom. The van der Waals surface area contributed by atoms with Gasteiger partial charge in [-0.05, 0) is 20.3 Å². The predicted molar refractivity (Wildman–Crippen MR) is 66.8 cm³/mol. The van der Waals surface area contributed by atoms with E-state index in [1.165, 1.54) is 0 Å². The fourth-order valence-corrected chi connectivity index (χ4v) is 2.66. The monoisotopic (exact) mass is 266 g/mol. The van der Waals surface area contributed by atoms with Crippen molar-refractivity contribution < 1.29 is 18.4 Å². The minimum Gasteiger partial charge on any atom is -0.343 e. The zero-order valence-corrected chi connectivity index (χ0v) is 11.7. The maximum Gasteiger partial charge on any atom is 0.349 e. The summed E-state index contributed by atoms with van der Waals surface area (Å²) < 4.78 is 22.1. The minimum atomic E-state index is -3.22. The normalized spacial score (nSPS) is 13.4. The second kappa shape index (κ2) is 8.64. The van der Waals surface area contributed by atoms with Gasteiger partial charge in [0.1, 0.15) is 6.29 Å². The van der Waals surface area contributed by atoms with Gasteiger partial charge in [0.2, 0.25) is 5.91 Å². The van der Waals surface area contributed by atoms with E-state index in [2.05, 4.69) is 5.32 Å². The molecule has 0 fully saturated rings. The lowest BCUT2D eigenvalue weighted by atomic mass is 10.2. The molecular weight excluding hydrogens is 243 g/mol. The molecule has 0 rings (SSSR count). The Hall–Kier alpha value is -0.420. The quantitative estimate of drug-likeness (QED) is 0.616. The maximum absolute atomic E-state index is 12.0. The number of carbonyl (C=O) groups excluding carboxylic acids is 1. The number of hydrogen-bond acceptors (Lipinski definition) is 5. The van der Waals surface area contributed by atoms with E-state index in [-0.39, 0.29) is 25.4 Å². The summed E-state index contributed by atoms with van der Waals surface area (Å²) >= 11 is 0. The fourth-order valence-electron chi connectivity index (χ4n) is 1.27. The van der Waals surface area contributed by atoms with E-state index in [0.29, 0.717) is 6.42 Å². The van der Waals surface area contributed by atoms with Gasteiger partial charge in [0.05, 0.1) is 19.3 Å². The van der Waals surface area contributed by atoms with Crippen molar-refractivity contribution in [2.24, 2.45) is 5.73 Å². The zero-order valence-electron chi connectivity index (χ0n) is 10.8. The van der Waals surface area contributed by atoms with Crippen molar-refractivity contribution >= 4 is 13.5 Å². The molecule has 0 aromatic rings. The van der Waals surface area contributed by atoms with Crippen molar-refractivity contribution in [2.75, 3.05) is 19.5 Å². The van der Waals surface area contributed by atoms with Crippen molar-refractivity contribution in [1.82, 2.24) is 5.32 Å². The van der Waals surface area contributed by atoms with E-state index in [9.17, 15) is 9.36 Å². The van der Waals surface area contributed by atoms with Gasteiger partial charge in [-0.1, -0.05) is 13.3 Å². The molecular formula is C10H23N2O4P.